The largest absolute Gasteiger partial charge is 0.496 e. The Kier molecular flexibility index (Phi) is 6.06. The molecule has 1 aromatic heterocycles. The Bertz CT molecular complexity index is 794. The Balaban J connectivity index is 1.75. The lowest BCUT2D eigenvalue weighted by molar-refractivity contribution is -0.129. The Morgan fingerprint density at radius 1 is 1.26 bits per heavy atom. The zero-order valence-electron chi connectivity index (χ0n) is 15.7. The van der Waals surface area contributed by atoms with Crippen LogP contribution < -0.4 is 10.1 Å². The van der Waals surface area contributed by atoms with E-state index in [1.165, 1.54) is 0 Å². The van der Waals surface area contributed by atoms with E-state index in [1.807, 2.05) is 49.4 Å². The second-order valence-corrected chi connectivity index (χ2v) is 6.54. The van der Waals surface area contributed by atoms with Gasteiger partial charge in [0, 0.05) is 43.4 Å². The second kappa shape index (κ2) is 8.66. The number of hydrogen-bond donors (Lipinski definition) is 1. The van der Waals surface area contributed by atoms with E-state index < -0.39 is 5.92 Å². The Morgan fingerprint density at radius 3 is 2.74 bits per heavy atom. The quantitative estimate of drug-likeness (QED) is 0.815. The molecule has 0 spiro atoms. The maximum atomic E-state index is 12.9. The maximum absolute atomic E-state index is 12.9. The highest BCUT2D eigenvalue weighted by Gasteiger charge is 2.44. The Labute approximate surface area is 159 Å². The van der Waals surface area contributed by atoms with Crippen LogP contribution in [0.5, 0.6) is 5.75 Å². The molecule has 1 N–H and O–H groups in total. The smallest absolute Gasteiger partial charge is 0.226 e. The third-order valence-electron chi connectivity index (χ3n) is 4.97. The third-order valence-corrected chi connectivity index (χ3v) is 4.97. The topological polar surface area (TPSA) is 71.5 Å². The summed E-state index contributed by atoms with van der Waals surface area (Å²) in [6.45, 7) is 2.98. The van der Waals surface area contributed by atoms with E-state index in [1.54, 1.807) is 18.2 Å². The summed E-state index contributed by atoms with van der Waals surface area (Å²) in [6.07, 6.45) is 2.61. The summed E-state index contributed by atoms with van der Waals surface area (Å²) in [7, 11) is 1.60. The van der Waals surface area contributed by atoms with Crippen molar-refractivity contribution in [2.45, 2.75) is 25.8 Å². The van der Waals surface area contributed by atoms with Gasteiger partial charge in [0.25, 0.3) is 0 Å². The summed E-state index contributed by atoms with van der Waals surface area (Å²) >= 11 is 0. The van der Waals surface area contributed by atoms with Crippen LogP contribution in [0.2, 0.25) is 0 Å². The molecule has 2 amide bonds. The average molecular weight is 367 g/mol. The van der Waals surface area contributed by atoms with E-state index in [0.29, 0.717) is 25.3 Å². The van der Waals surface area contributed by atoms with Crippen LogP contribution in [0.15, 0.2) is 48.7 Å². The zero-order valence-corrected chi connectivity index (χ0v) is 15.7. The number of likely N-dealkylation sites (tertiary alicyclic amines) is 1. The van der Waals surface area contributed by atoms with Crippen molar-refractivity contribution in [1.29, 1.82) is 0 Å². The van der Waals surface area contributed by atoms with Crippen molar-refractivity contribution in [3.05, 3.63) is 59.9 Å². The van der Waals surface area contributed by atoms with E-state index >= 15 is 0 Å². The number of pyridine rings is 1. The molecule has 2 aromatic rings. The van der Waals surface area contributed by atoms with Gasteiger partial charge in [-0.25, -0.2) is 0 Å². The van der Waals surface area contributed by atoms with Gasteiger partial charge in [0.1, 0.15) is 5.75 Å². The van der Waals surface area contributed by atoms with Crippen molar-refractivity contribution >= 4 is 11.8 Å². The van der Waals surface area contributed by atoms with Crippen LogP contribution >= 0.6 is 0 Å². The molecule has 1 fully saturated rings. The van der Waals surface area contributed by atoms with E-state index in [9.17, 15) is 9.59 Å². The van der Waals surface area contributed by atoms with Gasteiger partial charge in [-0.1, -0.05) is 24.3 Å². The minimum atomic E-state index is -0.433. The van der Waals surface area contributed by atoms with Crippen LogP contribution in [-0.2, 0) is 16.0 Å². The van der Waals surface area contributed by atoms with Gasteiger partial charge in [-0.2, -0.15) is 0 Å². The van der Waals surface area contributed by atoms with Crippen molar-refractivity contribution in [2.24, 2.45) is 5.92 Å². The molecule has 0 radical (unpaired) electrons. The second-order valence-electron chi connectivity index (χ2n) is 6.54. The fourth-order valence-corrected chi connectivity index (χ4v) is 3.68. The normalized spacial score (nSPS) is 19.2. The molecule has 142 valence electrons. The predicted molar refractivity (Wildman–Crippen MR) is 102 cm³/mol. The van der Waals surface area contributed by atoms with Crippen LogP contribution in [0.4, 0.5) is 0 Å². The lowest BCUT2D eigenvalue weighted by Gasteiger charge is -2.28. The number of para-hydroxylation sites is 1. The Morgan fingerprint density at radius 2 is 2.04 bits per heavy atom. The van der Waals surface area contributed by atoms with Crippen molar-refractivity contribution in [1.82, 2.24) is 15.2 Å². The molecule has 0 aliphatic carbocycles. The highest BCUT2D eigenvalue weighted by Crippen LogP contribution is 2.41. The van der Waals surface area contributed by atoms with Gasteiger partial charge in [-0.05, 0) is 25.1 Å². The van der Waals surface area contributed by atoms with Crippen LogP contribution in [0, 0.1) is 5.92 Å². The van der Waals surface area contributed by atoms with Gasteiger partial charge in [0.05, 0.1) is 19.1 Å². The van der Waals surface area contributed by atoms with Crippen molar-refractivity contribution in [3.63, 3.8) is 0 Å². The number of nitrogens with one attached hydrogen (secondary N) is 1. The van der Waals surface area contributed by atoms with Gasteiger partial charge < -0.3 is 15.0 Å². The zero-order chi connectivity index (χ0) is 19.2. The molecule has 1 saturated heterocycles. The highest BCUT2D eigenvalue weighted by atomic mass is 16.5. The first-order valence-electron chi connectivity index (χ1n) is 9.25. The molecule has 2 heterocycles. The fourth-order valence-electron chi connectivity index (χ4n) is 3.68. The number of methoxy groups -OCH3 is 1. The van der Waals surface area contributed by atoms with E-state index in [-0.39, 0.29) is 24.3 Å². The predicted octanol–water partition coefficient (Wildman–Crippen LogP) is 2.36. The van der Waals surface area contributed by atoms with E-state index in [0.717, 1.165) is 11.3 Å². The summed E-state index contributed by atoms with van der Waals surface area (Å²) in [5, 5.41) is 2.98. The molecule has 1 aromatic carbocycles. The minimum Gasteiger partial charge on any atom is -0.496 e. The first-order valence-corrected chi connectivity index (χ1v) is 9.25. The lowest BCUT2D eigenvalue weighted by atomic mass is 9.92. The summed E-state index contributed by atoms with van der Waals surface area (Å²) in [4.78, 5) is 31.4. The molecule has 0 unspecified atom stereocenters. The molecule has 2 atom stereocenters. The molecule has 1 aliphatic heterocycles. The molecule has 6 nitrogen and oxygen atoms in total. The number of aromatic nitrogens is 1. The van der Waals surface area contributed by atoms with Crippen molar-refractivity contribution in [3.8, 4) is 5.75 Å². The first kappa shape index (κ1) is 18.9. The molecule has 6 heteroatoms. The SMILES string of the molecule is CCN1C(=O)C[C@@H](C(=O)NCCc2ccccn2)[C@@H]1c1ccccc1OC. The summed E-state index contributed by atoms with van der Waals surface area (Å²) in [5.74, 6) is 0.156. The molecule has 1 aliphatic rings. The lowest BCUT2D eigenvalue weighted by Crippen LogP contribution is -2.36. The van der Waals surface area contributed by atoms with Crippen LogP contribution in [0.1, 0.15) is 30.6 Å². The summed E-state index contributed by atoms with van der Waals surface area (Å²) < 4.78 is 5.47. The summed E-state index contributed by atoms with van der Waals surface area (Å²) in [6, 6.07) is 13.0. The maximum Gasteiger partial charge on any atom is 0.226 e. The van der Waals surface area contributed by atoms with Crippen LogP contribution in [-0.4, -0.2) is 41.9 Å². The van der Waals surface area contributed by atoms with Gasteiger partial charge in [-0.3, -0.25) is 14.6 Å². The molecular formula is C21H25N3O3. The number of carbonyl (C=O) groups excluding carboxylic acids is 2. The number of carbonyl (C=O) groups is 2. The van der Waals surface area contributed by atoms with Gasteiger partial charge in [-0.15, -0.1) is 0 Å². The molecule has 0 saturated carbocycles. The van der Waals surface area contributed by atoms with Crippen molar-refractivity contribution < 1.29 is 14.3 Å². The van der Waals surface area contributed by atoms with Gasteiger partial charge >= 0.3 is 0 Å². The number of rotatable bonds is 7. The number of amides is 2. The Hall–Kier alpha value is -2.89. The monoisotopic (exact) mass is 367 g/mol. The molecule has 0 bridgehead atoms. The van der Waals surface area contributed by atoms with Gasteiger partial charge in [0.2, 0.25) is 11.8 Å². The van der Waals surface area contributed by atoms with Crippen molar-refractivity contribution in [2.75, 3.05) is 20.2 Å². The fraction of sp³-hybridized carbons (Fsp3) is 0.381. The molecular weight excluding hydrogens is 342 g/mol. The van der Waals surface area contributed by atoms with Gasteiger partial charge in [0.15, 0.2) is 0 Å². The first-order chi connectivity index (χ1) is 13.2. The molecule has 3 rings (SSSR count). The molecule has 27 heavy (non-hydrogen) atoms. The standard InChI is InChI=1S/C21H25N3O3/c1-3-24-19(25)14-17(20(24)16-9-4-5-10-18(16)27-2)21(26)23-13-11-15-8-6-7-12-22-15/h4-10,12,17,20H,3,11,13-14H2,1-2H3,(H,23,26)/t17-,20+/m1/s1. The van der Waals surface area contributed by atoms with Crippen LogP contribution in [0.25, 0.3) is 0 Å². The highest BCUT2D eigenvalue weighted by molar-refractivity contribution is 5.90. The third kappa shape index (κ3) is 4.10. The number of hydrogen-bond acceptors (Lipinski definition) is 4. The number of ether oxygens (including phenoxy) is 1. The number of nitrogens with zero attached hydrogens (tertiary/aromatic N) is 2. The summed E-state index contributed by atoms with van der Waals surface area (Å²) in [5.41, 5.74) is 1.80. The number of benzene rings is 1. The van der Waals surface area contributed by atoms with E-state index in [4.69, 9.17) is 4.74 Å². The van der Waals surface area contributed by atoms with E-state index in [2.05, 4.69) is 10.3 Å². The average Bonchev–Trinajstić information content (AvgIpc) is 3.04. The van der Waals surface area contributed by atoms with Crippen LogP contribution in [0.3, 0.4) is 0 Å². The minimum absolute atomic E-state index is 0.00159.